The molecule has 0 spiro atoms. The van der Waals surface area contributed by atoms with E-state index >= 15 is 0 Å². The molecule has 0 unspecified atom stereocenters. The molecule has 3 rings (SSSR count). The third-order valence-corrected chi connectivity index (χ3v) is 5.69. The maximum Gasteiger partial charge on any atom is 0.264 e. The highest BCUT2D eigenvalue weighted by Crippen LogP contribution is 2.34. The second-order valence-corrected chi connectivity index (χ2v) is 7.86. The maximum absolute atomic E-state index is 12.5. The van der Waals surface area contributed by atoms with Gasteiger partial charge >= 0.3 is 0 Å². The van der Waals surface area contributed by atoms with Gasteiger partial charge in [0, 0.05) is 19.3 Å². The molecule has 0 aliphatic rings. The van der Waals surface area contributed by atoms with Crippen molar-refractivity contribution in [3.05, 3.63) is 41.3 Å². The van der Waals surface area contributed by atoms with Crippen molar-refractivity contribution in [3.8, 4) is 0 Å². The number of thiophene rings is 1. The Kier molecular flexibility index (Phi) is 5.85. The molecule has 2 aromatic heterocycles. The molecule has 8 heteroatoms. The highest BCUT2D eigenvalue weighted by Gasteiger charge is 2.19. The van der Waals surface area contributed by atoms with Crippen molar-refractivity contribution in [2.24, 2.45) is 0 Å². The standard InChI is InChI=1S/C18H20N4O2S2/c1-3-9-19-15(23)11-22(2)17(24)14-10-13-16(25-14)21-18(26-13)20-12-7-5-4-6-8-12/h4-8,10H,3,9,11H2,1-2H3,(H,19,23)(H,20,21). The lowest BCUT2D eigenvalue weighted by Gasteiger charge is -2.15. The van der Waals surface area contributed by atoms with Crippen LogP contribution in [-0.2, 0) is 4.79 Å². The summed E-state index contributed by atoms with van der Waals surface area (Å²) < 4.78 is 0.959. The van der Waals surface area contributed by atoms with Crippen molar-refractivity contribution in [1.29, 1.82) is 0 Å². The molecule has 0 atom stereocenters. The number of fused-ring (bicyclic) bond motifs is 1. The molecule has 136 valence electrons. The van der Waals surface area contributed by atoms with Crippen LogP contribution >= 0.6 is 22.7 Å². The summed E-state index contributed by atoms with van der Waals surface area (Å²) in [5.41, 5.74) is 0.975. The Morgan fingerprint density at radius 2 is 1.96 bits per heavy atom. The number of benzene rings is 1. The summed E-state index contributed by atoms with van der Waals surface area (Å²) >= 11 is 2.85. The van der Waals surface area contributed by atoms with Crippen molar-refractivity contribution < 1.29 is 9.59 Å². The van der Waals surface area contributed by atoms with Crippen LogP contribution in [0.3, 0.4) is 0 Å². The van der Waals surface area contributed by atoms with Crippen LogP contribution in [0.15, 0.2) is 36.4 Å². The lowest BCUT2D eigenvalue weighted by Crippen LogP contribution is -2.38. The van der Waals surface area contributed by atoms with Gasteiger partial charge in [-0.05, 0) is 24.6 Å². The van der Waals surface area contributed by atoms with Crippen LogP contribution in [0.25, 0.3) is 9.53 Å². The van der Waals surface area contributed by atoms with Crippen LogP contribution in [0, 0.1) is 0 Å². The SMILES string of the molecule is CCCNC(=O)CN(C)C(=O)c1cc2sc(Nc3ccccc3)nc2s1. The first-order chi connectivity index (χ1) is 12.6. The summed E-state index contributed by atoms with van der Waals surface area (Å²) in [5, 5.41) is 6.83. The highest BCUT2D eigenvalue weighted by atomic mass is 32.1. The number of carbonyl (C=O) groups is 2. The monoisotopic (exact) mass is 388 g/mol. The predicted octanol–water partition coefficient (Wildman–Crippen LogP) is 3.70. The Bertz CT molecular complexity index is 873. The molecule has 26 heavy (non-hydrogen) atoms. The molecular formula is C18H20N4O2S2. The van der Waals surface area contributed by atoms with Gasteiger partial charge in [0.2, 0.25) is 5.91 Å². The molecule has 6 nitrogen and oxygen atoms in total. The van der Waals surface area contributed by atoms with E-state index in [0.29, 0.717) is 11.4 Å². The number of aromatic nitrogens is 1. The van der Waals surface area contributed by atoms with E-state index in [0.717, 1.165) is 26.8 Å². The predicted molar refractivity (Wildman–Crippen MR) is 107 cm³/mol. The number of para-hydroxylation sites is 1. The Hall–Kier alpha value is -2.45. The van der Waals surface area contributed by atoms with Crippen LogP contribution in [0.1, 0.15) is 23.0 Å². The average molecular weight is 389 g/mol. The van der Waals surface area contributed by atoms with Crippen molar-refractivity contribution in [2.75, 3.05) is 25.5 Å². The topological polar surface area (TPSA) is 74.3 Å². The normalized spacial score (nSPS) is 10.7. The lowest BCUT2D eigenvalue weighted by atomic mass is 10.3. The van der Waals surface area contributed by atoms with Gasteiger partial charge in [-0.15, -0.1) is 11.3 Å². The Morgan fingerprint density at radius 3 is 2.65 bits per heavy atom. The van der Waals surface area contributed by atoms with Crippen LogP contribution in [0.4, 0.5) is 10.8 Å². The fourth-order valence-electron chi connectivity index (χ4n) is 2.33. The quantitative estimate of drug-likeness (QED) is 0.647. The molecule has 0 aliphatic carbocycles. The molecule has 0 fully saturated rings. The second-order valence-electron chi connectivity index (χ2n) is 5.80. The van der Waals surface area contributed by atoms with Gasteiger partial charge in [0.05, 0.1) is 16.1 Å². The van der Waals surface area contributed by atoms with Gasteiger partial charge in [-0.3, -0.25) is 9.59 Å². The van der Waals surface area contributed by atoms with Gasteiger partial charge in [-0.25, -0.2) is 4.98 Å². The van der Waals surface area contributed by atoms with Gasteiger partial charge in [0.25, 0.3) is 5.91 Å². The second kappa shape index (κ2) is 8.29. The maximum atomic E-state index is 12.5. The molecule has 0 saturated heterocycles. The number of carbonyl (C=O) groups excluding carboxylic acids is 2. The van der Waals surface area contributed by atoms with Gasteiger partial charge < -0.3 is 15.5 Å². The minimum absolute atomic E-state index is 0.0542. The number of rotatable bonds is 7. The van der Waals surface area contributed by atoms with E-state index in [-0.39, 0.29) is 18.4 Å². The van der Waals surface area contributed by atoms with Crippen LogP contribution in [-0.4, -0.2) is 41.8 Å². The third kappa shape index (κ3) is 4.39. The molecule has 0 bridgehead atoms. The molecule has 0 radical (unpaired) electrons. The summed E-state index contributed by atoms with van der Waals surface area (Å²) in [5.74, 6) is -0.307. The first-order valence-electron chi connectivity index (χ1n) is 8.31. The molecule has 2 heterocycles. The number of nitrogens with zero attached hydrogens (tertiary/aromatic N) is 2. The molecular weight excluding hydrogens is 368 g/mol. The van der Waals surface area contributed by atoms with Gasteiger partial charge in [0.15, 0.2) is 5.13 Å². The average Bonchev–Trinajstić information content (AvgIpc) is 3.18. The minimum Gasteiger partial charge on any atom is -0.355 e. The zero-order chi connectivity index (χ0) is 18.5. The van der Waals surface area contributed by atoms with E-state index < -0.39 is 0 Å². The summed E-state index contributed by atoms with van der Waals surface area (Å²) in [6.45, 7) is 2.66. The number of thiazole rings is 1. The number of likely N-dealkylation sites (N-methyl/N-ethyl adjacent to an activating group) is 1. The summed E-state index contributed by atoms with van der Waals surface area (Å²) in [4.78, 5) is 31.7. The fourth-order valence-corrected chi connectivity index (χ4v) is 4.47. The van der Waals surface area contributed by atoms with E-state index in [2.05, 4.69) is 15.6 Å². The van der Waals surface area contributed by atoms with E-state index in [1.54, 1.807) is 7.05 Å². The Labute approximate surface area is 159 Å². The van der Waals surface area contributed by atoms with E-state index in [9.17, 15) is 9.59 Å². The van der Waals surface area contributed by atoms with Gasteiger partial charge in [-0.1, -0.05) is 36.5 Å². The van der Waals surface area contributed by atoms with E-state index in [1.807, 2.05) is 43.3 Å². The minimum atomic E-state index is -0.163. The van der Waals surface area contributed by atoms with Gasteiger partial charge in [-0.2, -0.15) is 0 Å². The number of amides is 2. The number of hydrogen-bond donors (Lipinski definition) is 2. The van der Waals surface area contributed by atoms with Crippen molar-refractivity contribution in [1.82, 2.24) is 15.2 Å². The molecule has 2 amide bonds. The first-order valence-corrected chi connectivity index (χ1v) is 9.94. The van der Waals surface area contributed by atoms with Crippen LogP contribution in [0.2, 0.25) is 0 Å². The zero-order valence-corrected chi connectivity index (χ0v) is 16.2. The van der Waals surface area contributed by atoms with Crippen molar-refractivity contribution >= 4 is 54.8 Å². The molecule has 0 saturated carbocycles. The number of anilines is 2. The molecule has 1 aromatic carbocycles. The van der Waals surface area contributed by atoms with Crippen LogP contribution < -0.4 is 10.6 Å². The summed E-state index contributed by atoms with van der Waals surface area (Å²) in [6, 6.07) is 11.7. The van der Waals surface area contributed by atoms with Gasteiger partial charge in [0.1, 0.15) is 4.83 Å². The van der Waals surface area contributed by atoms with Crippen molar-refractivity contribution in [3.63, 3.8) is 0 Å². The Morgan fingerprint density at radius 1 is 1.19 bits per heavy atom. The molecule has 3 aromatic rings. The number of hydrogen-bond acceptors (Lipinski definition) is 6. The Balaban J connectivity index is 1.66. The fraction of sp³-hybridized carbons (Fsp3) is 0.278. The largest absolute Gasteiger partial charge is 0.355 e. The smallest absolute Gasteiger partial charge is 0.264 e. The van der Waals surface area contributed by atoms with Crippen molar-refractivity contribution in [2.45, 2.75) is 13.3 Å². The van der Waals surface area contributed by atoms with E-state index in [1.165, 1.54) is 27.6 Å². The van der Waals surface area contributed by atoms with E-state index in [4.69, 9.17) is 0 Å². The number of nitrogens with one attached hydrogen (secondary N) is 2. The zero-order valence-electron chi connectivity index (χ0n) is 14.6. The summed E-state index contributed by atoms with van der Waals surface area (Å²) in [6.07, 6.45) is 0.871. The van der Waals surface area contributed by atoms with Crippen LogP contribution in [0.5, 0.6) is 0 Å². The highest BCUT2D eigenvalue weighted by molar-refractivity contribution is 7.29. The first kappa shape index (κ1) is 18.3. The lowest BCUT2D eigenvalue weighted by molar-refractivity contribution is -0.121. The third-order valence-electron chi connectivity index (χ3n) is 3.62. The molecule has 0 aliphatic heterocycles. The molecule has 2 N–H and O–H groups in total. The summed E-state index contributed by atoms with van der Waals surface area (Å²) in [7, 11) is 1.64.